The molecule has 1 heterocycles. The van der Waals surface area contributed by atoms with Crippen molar-refractivity contribution in [3.05, 3.63) is 24.3 Å². The van der Waals surface area contributed by atoms with Crippen molar-refractivity contribution in [1.29, 1.82) is 0 Å². The highest BCUT2D eigenvalue weighted by Gasteiger charge is 2.02. The Balaban J connectivity index is 2.54. The van der Waals surface area contributed by atoms with E-state index in [1.165, 1.54) is 18.7 Å². The van der Waals surface area contributed by atoms with E-state index >= 15 is 0 Å². The zero-order valence-electron chi connectivity index (χ0n) is 6.33. The third-order valence-electron chi connectivity index (χ3n) is 1.20. The second-order valence-electron chi connectivity index (χ2n) is 2.07. The minimum absolute atomic E-state index is 0.118. The van der Waals surface area contributed by atoms with Crippen molar-refractivity contribution >= 4 is 28.5 Å². The lowest BCUT2D eigenvalue weighted by Crippen LogP contribution is -2.25. The van der Waals surface area contributed by atoms with Gasteiger partial charge in [0.25, 0.3) is 5.91 Å². The van der Waals surface area contributed by atoms with Crippen LogP contribution >= 0.6 is 22.6 Å². The maximum Gasteiger partial charge on any atom is 0.254 e. The number of nitrogens with zero attached hydrogens (tertiary/aromatic N) is 2. The average Bonchev–Trinajstić information content (AvgIpc) is 2.15. The second-order valence-corrected chi connectivity index (χ2v) is 3.15. The van der Waals surface area contributed by atoms with E-state index in [9.17, 15) is 4.79 Å². The predicted octanol–water partition coefficient (Wildman–Crippen LogP) is 0.641. The van der Waals surface area contributed by atoms with Crippen molar-refractivity contribution < 1.29 is 4.79 Å². The van der Waals surface area contributed by atoms with Crippen molar-refractivity contribution in [2.75, 3.05) is 11.0 Å². The number of carbonyl (C=O) groups excluding carboxylic acids is 1. The number of nitrogens with one attached hydrogen (secondary N) is 1. The van der Waals surface area contributed by atoms with Crippen molar-refractivity contribution in [3.63, 3.8) is 0 Å². The van der Waals surface area contributed by atoms with Crippen LogP contribution in [0.3, 0.4) is 0 Å². The van der Waals surface area contributed by atoms with Crippen LogP contribution in [-0.4, -0.2) is 26.8 Å². The molecule has 0 bridgehead atoms. The summed E-state index contributed by atoms with van der Waals surface area (Å²) in [5.74, 6) is -0.118. The maximum absolute atomic E-state index is 11.2. The number of carbonyl (C=O) groups is 1. The van der Waals surface area contributed by atoms with Crippen molar-refractivity contribution in [2.45, 2.75) is 0 Å². The highest BCUT2D eigenvalue weighted by Crippen LogP contribution is 1.91. The Kier molecular flexibility index (Phi) is 3.92. The summed E-state index contributed by atoms with van der Waals surface area (Å²) >= 11 is 2.19. The van der Waals surface area contributed by atoms with E-state index in [1.54, 1.807) is 0 Å². The average molecular weight is 277 g/mol. The molecule has 0 aliphatic carbocycles. The Bertz CT molecular complexity index is 252. The molecule has 0 aliphatic heterocycles. The van der Waals surface area contributed by atoms with Gasteiger partial charge in [-0.25, -0.2) is 9.97 Å². The molecule has 0 unspecified atom stereocenters. The number of aromatic nitrogens is 2. The topological polar surface area (TPSA) is 54.9 Å². The lowest BCUT2D eigenvalue weighted by Gasteiger charge is -2.00. The van der Waals surface area contributed by atoms with Crippen LogP contribution in [0.2, 0.25) is 0 Å². The van der Waals surface area contributed by atoms with Crippen molar-refractivity contribution in [1.82, 2.24) is 15.3 Å². The fourth-order valence-corrected chi connectivity index (χ4v) is 0.949. The van der Waals surface area contributed by atoms with Crippen LogP contribution in [-0.2, 0) is 0 Å². The SMILES string of the molecule is O=C(NCCI)c1cncnc1. The molecule has 1 aromatic rings. The molecule has 0 aromatic carbocycles. The van der Waals surface area contributed by atoms with Gasteiger partial charge in [-0.1, -0.05) is 22.6 Å². The summed E-state index contributed by atoms with van der Waals surface area (Å²) in [6.07, 6.45) is 4.39. The van der Waals surface area contributed by atoms with Crippen LogP contribution in [0, 0.1) is 0 Å². The van der Waals surface area contributed by atoms with Gasteiger partial charge in [0, 0.05) is 23.4 Å². The first-order valence-corrected chi connectivity index (χ1v) is 4.96. The van der Waals surface area contributed by atoms with Crippen LogP contribution < -0.4 is 5.32 Å². The summed E-state index contributed by atoms with van der Waals surface area (Å²) in [5, 5.41) is 2.72. The van der Waals surface area contributed by atoms with Crippen LogP contribution in [0.15, 0.2) is 18.7 Å². The molecule has 1 rings (SSSR count). The van der Waals surface area contributed by atoms with Crippen LogP contribution in [0.1, 0.15) is 10.4 Å². The standard InChI is InChI=1S/C7H8IN3O/c8-1-2-11-7(12)6-3-9-5-10-4-6/h3-5H,1-2H2,(H,11,12). The minimum atomic E-state index is -0.118. The van der Waals surface area contributed by atoms with Gasteiger partial charge in [0.15, 0.2) is 0 Å². The van der Waals surface area contributed by atoms with Gasteiger partial charge < -0.3 is 5.32 Å². The van der Waals surface area contributed by atoms with Crippen LogP contribution in [0.5, 0.6) is 0 Å². The summed E-state index contributed by atoms with van der Waals surface area (Å²) in [7, 11) is 0. The molecule has 0 radical (unpaired) electrons. The highest BCUT2D eigenvalue weighted by molar-refractivity contribution is 14.1. The van der Waals surface area contributed by atoms with Crippen LogP contribution in [0.4, 0.5) is 0 Å². The normalized spacial score (nSPS) is 9.42. The summed E-state index contributed by atoms with van der Waals surface area (Å²) in [6.45, 7) is 0.675. The molecule has 0 saturated carbocycles. The van der Waals surface area contributed by atoms with Gasteiger partial charge in [-0.2, -0.15) is 0 Å². The molecule has 4 nitrogen and oxygen atoms in total. The first-order chi connectivity index (χ1) is 5.84. The largest absolute Gasteiger partial charge is 0.351 e. The Morgan fingerprint density at radius 1 is 1.50 bits per heavy atom. The first-order valence-electron chi connectivity index (χ1n) is 3.44. The quantitative estimate of drug-likeness (QED) is 0.651. The van der Waals surface area contributed by atoms with E-state index in [0.29, 0.717) is 12.1 Å². The predicted molar refractivity (Wildman–Crippen MR) is 53.3 cm³/mol. The number of hydrogen-bond acceptors (Lipinski definition) is 3. The molecule has 1 aromatic heterocycles. The smallest absolute Gasteiger partial charge is 0.254 e. The molecule has 5 heteroatoms. The Labute approximate surface area is 83.9 Å². The van der Waals surface area contributed by atoms with E-state index in [1.807, 2.05) is 0 Å². The van der Waals surface area contributed by atoms with Gasteiger partial charge in [-0.05, 0) is 0 Å². The van der Waals surface area contributed by atoms with E-state index < -0.39 is 0 Å². The molecule has 1 amide bonds. The third-order valence-corrected chi connectivity index (χ3v) is 1.74. The molecule has 0 aliphatic rings. The summed E-state index contributed by atoms with van der Waals surface area (Å²) in [6, 6.07) is 0. The van der Waals surface area contributed by atoms with Gasteiger partial charge in [-0.3, -0.25) is 4.79 Å². The van der Waals surface area contributed by atoms with Gasteiger partial charge in [0.2, 0.25) is 0 Å². The summed E-state index contributed by atoms with van der Waals surface area (Å²) in [4.78, 5) is 18.7. The van der Waals surface area contributed by atoms with E-state index in [4.69, 9.17) is 0 Å². The Hall–Kier alpha value is -0.720. The van der Waals surface area contributed by atoms with E-state index in [-0.39, 0.29) is 5.91 Å². The molecule has 0 saturated heterocycles. The number of rotatable bonds is 3. The summed E-state index contributed by atoms with van der Waals surface area (Å²) < 4.78 is 0.900. The van der Waals surface area contributed by atoms with Gasteiger partial charge in [-0.15, -0.1) is 0 Å². The van der Waals surface area contributed by atoms with Gasteiger partial charge in [0.1, 0.15) is 6.33 Å². The fraction of sp³-hybridized carbons (Fsp3) is 0.286. The second kappa shape index (κ2) is 5.02. The molecule has 12 heavy (non-hydrogen) atoms. The van der Waals surface area contributed by atoms with Crippen LogP contribution in [0.25, 0.3) is 0 Å². The zero-order valence-corrected chi connectivity index (χ0v) is 8.48. The first kappa shape index (κ1) is 9.37. The fourth-order valence-electron chi connectivity index (χ4n) is 0.679. The highest BCUT2D eigenvalue weighted by atomic mass is 127. The molecule has 0 atom stereocenters. The minimum Gasteiger partial charge on any atom is -0.351 e. The Morgan fingerprint density at radius 2 is 2.17 bits per heavy atom. The number of halogens is 1. The van der Waals surface area contributed by atoms with E-state index in [2.05, 4.69) is 37.9 Å². The van der Waals surface area contributed by atoms with Crippen molar-refractivity contribution in [2.24, 2.45) is 0 Å². The Morgan fingerprint density at radius 3 is 2.75 bits per heavy atom. The summed E-state index contributed by atoms with van der Waals surface area (Å²) in [5.41, 5.74) is 0.502. The van der Waals surface area contributed by atoms with Crippen molar-refractivity contribution in [3.8, 4) is 0 Å². The molecule has 0 spiro atoms. The number of alkyl halides is 1. The molecule has 1 N–H and O–H groups in total. The van der Waals surface area contributed by atoms with Gasteiger partial charge >= 0.3 is 0 Å². The zero-order chi connectivity index (χ0) is 8.81. The lowest BCUT2D eigenvalue weighted by molar-refractivity contribution is 0.0955. The monoisotopic (exact) mass is 277 g/mol. The number of amides is 1. The molecule has 0 fully saturated rings. The molecular formula is C7H8IN3O. The van der Waals surface area contributed by atoms with E-state index in [0.717, 1.165) is 4.43 Å². The lowest BCUT2D eigenvalue weighted by atomic mass is 10.3. The third kappa shape index (κ3) is 2.72. The van der Waals surface area contributed by atoms with Gasteiger partial charge in [0.05, 0.1) is 5.56 Å². The molecule has 64 valence electrons. The molecular weight excluding hydrogens is 269 g/mol. The maximum atomic E-state index is 11.2. The number of hydrogen-bond donors (Lipinski definition) is 1.